The van der Waals surface area contributed by atoms with Gasteiger partial charge in [0.25, 0.3) is 5.91 Å². The first-order valence-electron chi connectivity index (χ1n) is 7.51. The summed E-state index contributed by atoms with van der Waals surface area (Å²) in [5.74, 6) is 0.369. The number of hydrogen-bond donors (Lipinski definition) is 1. The Morgan fingerprint density at radius 3 is 2.77 bits per heavy atom. The van der Waals surface area contributed by atoms with Gasteiger partial charge < -0.3 is 10.6 Å². The molecule has 1 aromatic heterocycles. The van der Waals surface area contributed by atoms with Gasteiger partial charge in [-0.1, -0.05) is 6.92 Å². The van der Waals surface area contributed by atoms with Crippen LogP contribution in [0.25, 0.3) is 0 Å². The standard InChI is InChI=1S/C15H24N2O3S2/c1-10-5-4-6-17(13(10)8-16)15(18)14-7-12(11(2)21-14)9-22(3,19)20/h7,10,13H,4-6,8-9,16H2,1-3H3/t10-,13+/m0/s1. The van der Waals surface area contributed by atoms with E-state index in [1.165, 1.54) is 17.6 Å². The number of carbonyl (C=O) groups is 1. The second-order valence-corrected chi connectivity index (χ2v) is 9.58. The average molecular weight is 345 g/mol. The highest BCUT2D eigenvalue weighted by atomic mass is 32.2. The summed E-state index contributed by atoms with van der Waals surface area (Å²) in [5, 5.41) is 0. The zero-order valence-corrected chi connectivity index (χ0v) is 15.0. The summed E-state index contributed by atoms with van der Waals surface area (Å²) >= 11 is 1.37. The summed E-state index contributed by atoms with van der Waals surface area (Å²) in [5.41, 5.74) is 6.58. The van der Waals surface area contributed by atoms with Crippen LogP contribution in [0.5, 0.6) is 0 Å². The number of likely N-dealkylation sites (tertiary alicyclic amines) is 1. The highest BCUT2D eigenvalue weighted by Crippen LogP contribution is 2.29. The highest BCUT2D eigenvalue weighted by Gasteiger charge is 2.32. The topological polar surface area (TPSA) is 80.5 Å². The highest BCUT2D eigenvalue weighted by molar-refractivity contribution is 7.89. The molecule has 0 aromatic carbocycles. The van der Waals surface area contributed by atoms with E-state index in [9.17, 15) is 13.2 Å². The molecular formula is C15H24N2O3S2. The number of nitrogens with zero attached hydrogens (tertiary/aromatic N) is 1. The van der Waals surface area contributed by atoms with Gasteiger partial charge in [-0.25, -0.2) is 8.42 Å². The quantitative estimate of drug-likeness (QED) is 0.903. The fourth-order valence-electron chi connectivity index (χ4n) is 3.05. The Balaban J connectivity index is 2.24. The van der Waals surface area contributed by atoms with Crippen LogP contribution >= 0.6 is 11.3 Å². The van der Waals surface area contributed by atoms with Crippen molar-refractivity contribution in [2.45, 2.75) is 38.5 Å². The molecule has 5 nitrogen and oxygen atoms in total. The van der Waals surface area contributed by atoms with E-state index in [2.05, 4.69) is 6.92 Å². The van der Waals surface area contributed by atoms with Gasteiger partial charge in [0, 0.05) is 30.3 Å². The third-order valence-corrected chi connectivity index (χ3v) is 6.18. The molecule has 2 N–H and O–H groups in total. The van der Waals surface area contributed by atoms with E-state index in [-0.39, 0.29) is 17.7 Å². The first-order chi connectivity index (χ1) is 10.2. The number of piperidine rings is 1. The average Bonchev–Trinajstić information content (AvgIpc) is 2.77. The summed E-state index contributed by atoms with van der Waals surface area (Å²) in [6, 6.07) is 1.80. The minimum atomic E-state index is -3.10. The van der Waals surface area contributed by atoms with E-state index in [0.717, 1.165) is 29.8 Å². The predicted molar refractivity (Wildman–Crippen MR) is 89.9 cm³/mol. The van der Waals surface area contributed by atoms with Gasteiger partial charge in [0.2, 0.25) is 0 Å². The lowest BCUT2D eigenvalue weighted by Gasteiger charge is -2.39. The molecule has 0 radical (unpaired) electrons. The number of sulfone groups is 1. The third kappa shape index (κ3) is 3.88. The van der Waals surface area contributed by atoms with Crippen molar-refractivity contribution in [3.8, 4) is 0 Å². The minimum absolute atomic E-state index is 0.0146. The first kappa shape index (κ1) is 17.4. The Hall–Kier alpha value is -0.920. The van der Waals surface area contributed by atoms with E-state index in [1.54, 1.807) is 6.07 Å². The molecule has 1 amide bonds. The number of amides is 1. The molecule has 22 heavy (non-hydrogen) atoms. The van der Waals surface area contributed by atoms with Gasteiger partial charge in [0.1, 0.15) is 0 Å². The largest absolute Gasteiger partial charge is 0.333 e. The van der Waals surface area contributed by atoms with E-state index in [0.29, 0.717) is 17.3 Å². The van der Waals surface area contributed by atoms with Crippen LogP contribution in [0.1, 0.15) is 39.9 Å². The summed E-state index contributed by atoms with van der Waals surface area (Å²) in [6.45, 7) is 5.18. The van der Waals surface area contributed by atoms with Gasteiger partial charge in [-0.2, -0.15) is 0 Å². The lowest BCUT2D eigenvalue weighted by Crippen LogP contribution is -2.51. The molecule has 2 atom stereocenters. The van der Waals surface area contributed by atoms with Crippen LogP contribution in [0.4, 0.5) is 0 Å². The Labute approximate surface area is 136 Å². The minimum Gasteiger partial charge on any atom is -0.333 e. The monoisotopic (exact) mass is 344 g/mol. The SMILES string of the molecule is Cc1sc(C(=O)N2CCC[C@H](C)[C@H]2CN)cc1CS(C)(=O)=O. The molecular weight excluding hydrogens is 320 g/mol. The van der Waals surface area contributed by atoms with Crippen molar-refractivity contribution < 1.29 is 13.2 Å². The number of nitrogens with two attached hydrogens (primary N) is 1. The van der Waals surface area contributed by atoms with Crippen molar-refractivity contribution in [3.63, 3.8) is 0 Å². The Bertz CT molecular complexity index is 652. The van der Waals surface area contributed by atoms with E-state index >= 15 is 0 Å². The number of aryl methyl sites for hydroxylation is 1. The van der Waals surface area contributed by atoms with Gasteiger partial charge in [-0.05, 0) is 37.3 Å². The molecule has 0 saturated carbocycles. The molecule has 1 aliphatic rings. The van der Waals surface area contributed by atoms with Crippen molar-refractivity contribution in [2.75, 3.05) is 19.3 Å². The zero-order chi connectivity index (χ0) is 16.5. The molecule has 1 aromatic rings. The lowest BCUT2D eigenvalue weighted by atomic mass is 9.90. The smallest absolute Gasteiger partial charge is 0.264 e. The van der Waals surface area contributed by atoms with Crippen LogP contribution in [0.2, 0.25) is 0 Å². The molecule has 0 bridgehead atoms. The molecule has 2 rings (SSSR count). The van der Waals surface area contributed by atoms with Crippen molar-refractivity contribution >= 4 is 27.1 Å². The predicted octanol–water partition coefficient (Wildman–Crippen LogP) is 1.80. The Morgan fingerprint density at radius 2 is 2.18 bits per heavy atom. The van der Waals surface area contributed by atoms with Crippen LogP contribution < -0.4 is 5.73 Å². The molecule has 0 spiro atoms. The van der Waals surface area contributed by atoms with Crippen LogP contribution in [-0.2, 0) is 15.6 Å². The fraction of sp³-hybridized carbons (Fsp3) is 0.667. The molecule has 0 unspecified atom stereocenters. The summed E-state index contributed by atoms with van der Waals surface area (Å²) in [4.78, 5) is 16.1. The number of rotatable bonds is 4. The maximum absolute atomic E-state index is 12.8. The van der Waals surface area contributed by atoms with Crippen LogP contribution in [0.3, 0.4) is 0 Å². The summed E-state index contributed by atoms with van der Waals surface area (Å²) < 4.78 is 22.9. The van der Waals surface area contributed by atoms with Crippen LogP contribution in [-0.4, -0.2) is 44.6 Å². The van der Waals surface area contributed by atoms with E-state index in [1.807, 2.05) is 11.8 Å². The van der Waals surface area contributed by atoms with Crippen molar-refractivity contribution in [3.05, 3.63) is 21.4 Å². The molecule has 1 saturated heterocycles. The lowest BCUT2D eigenvalue weighted by molar-refractivity contribution is 0.0537. The summed E-state index contributed by atoms with van der Waals surface area (Å²) in [7, 11) is -3.10. The first-order valence-corrected chi connectivity index (χ1v) is 10.4. The third-order valence-electron chi connectivity index (χ3n) is 4.27. The number of hydrogen-bond acceptors (Lipinski definition) is 5. The van der Waals surface area contributed by atoms with Crippen molar-refractivity contribution in [1.82, 2.24) is 4.90 Å². The maximum Gasteiger partial charge on any atom is 0.264 e. The van der Waals surface area contributed by atoms with Crippen molar-refractivity contribution in [2.24, 2.45) is 11.7 Å². The fourth-order valence-corrected chi connectivity index (χ4v) is 5.01. The van der Waals surface area contributed by atoms with Gasteiger partial charge in [0.15, 0.2) is 9.84 Å². The van der Waals surface area contributed by atoms with Crippen LogP contribution in [0.15, 0.2) is 6.07 Å². The second-order valence-electron chi connectivity index (χ2n) is 6.18. The van der Waals surface area contributed by atoms with Gasteiger partial charge in [0.05, 0.1) is 10.6 Å². The molecule has 1 fully saturated rings. The van der Waals surface area contributed by atoms with E-state index < -0.39 is 9.84 Å². The van der Waals surface area contributed by atoms with Gasteiger partial charge in [-0.3, -0.25) is 4.79 Å². The summed E-state index contributed by atoms with van der Waals surface area (Å²) in [6.07, 6.45) is 3.29. The molecule has 124 valence electrons. The van der Waals surface area contributed by atoms with E-state index in [4.69, 9.17) is 5.73 Å². The van der Waals surface area contributed by atoms with Crippen molar-refractivity contribution in [1.29, 1.82) is 0 Å². The number of thiophene rings is 1. The number of carbonyl (C=O) groups excluding carboxylic acids is 1. The Kier molecular flexibility index (Phi) is 5.29. The zero-order valence-electron chi connectivity index (χ0n) is 13.3. The Morgan fingerprint density at radius 1 is 1.50 bits per heavy atom. The van der Waals surface area contributed by atoms with Gasteiger partial charge >= 0.3 is 0 Å². The van der Waals surface area contributed by atoms with Crippen LogP contribution in [0, 0.1) is 12.8 Å². The molecule has 0 aliphatic carbocycles. The van der Waals surface area contributed by atoms with Gasteiger partial charge in [-0.15, -0.1) is 11.3 Å². The second kappa shape index (κ2) is 6.68. The molecule has 1 aliphatic heterocycles. The maximum atomic E-state index is 12.8. The molecule has 7 heteroatoms. The molecule has 2 heterocycles. The normalized spacial score (nSPS) is 22.8.